The van der Waals surface area contributed by atoms with Crippen LogP contribution in [0.2, 0.25) is 0 Å². The summed E-state index contributed by atoms with van der Waals surface area (Å²) in [5.74, 6) is 2.10. The van der Waals surface area contributed by atoms with Crippen LogP contribution in [-0.2, 0) is 11.3 Å². The molecule has 2 aromatic rings. The van der Waals surface area contributed by atoms with Gasteiger partial charge in [0.15, 0.2) is 5.82 Å². The van der Waals surface area contributed by atoms with Crippen molar-refractivity contribution in [2.24, 2.45) is 0 Å². The molecule has 0 radical (unpaired) electrons. The van der Waals surface area contributed by atoms with Gasteiger partial charge < -0.3 is 15.1 Å². The minimum Gasteiger partial charge on any atom is -0.354 e. The molecule has 27 heavy (non-hydrogen) atoms. The quantitative estimate of drug-likeness (QED) is 0.895. The van der Waals surface area contributed by atoms with Crippen LogP contribution in [0.4, 0.5) is 17.3 Å². The molecule has 7 heteroatoms. The van der Waals surface area contributed by atoms with E-state index in [4.69, 9.17) is 0 Å². The predicted molar refractivity (Wildman–Crippen MR) is 105 cm³/mol. The Balaban J connectivity index is 1.25. The number of carbonyl (C=O) groups excluding carboxylic acids is 1. The topological polar surface area (TPSA) is 64.6 Å². The number of hydrogen-bond acceptors (Lipinski definition) is 6. The van der Waals surface area contributed by atoms with E-state index in [1.54, 1.807) is 0 Å². The molecule has 0 bridgehead atoms. The minimum atomic E-state index is -0.0319. The lowest BCUT2D eigenvalue weighted by Gasteiger charge is -2.36. The summed E-state index contributed by atoms with van der Waals surface area (Å²) in [6.07, 6.45) is 5.80. The van der Waals surface area contributed by atoms with E-state index in [9.17, 15) is 4.79 Å². The Kier molecular flexibility index (Phi) is 4.16. The molecule has 3 aliphatic rings. The van der Waals surface area contributed by atoms with Crippen LogP contribution >= 0.6 is 0 Å². The zero-order chi connectivity index (χ0) is 18.2. The van der Waals surface area contributed by atoms with Crippen LogP contribution in [0.1, 0.15) is 18.4 Å². The summed E-state index contributed by atoms with van der Waals surface area (Å²) >= 11 is 0. The van der Waals surface area contributed by atoms with Gasteiger partial charge in [0.1, 0.15) is 11.9 Å². The van der Waals surface area contributed by atoms with Crippen LogP contribution in [0.5, 0.6) is 0 Å². The highest BCUT2D eigenvalue weighted by molar-refractivity contribution is 6.03. The summed E-state index contributed by atoms with van der Waals surface area (Å²) < 4.78 is 0. The summed E-state index contributed by atoms with van der Waals surface area (Å²) in [6, 6.07) is 8.12. The van der Waals surface area contributed by atoms with Gasteiger partial charge in [-0.2, -0.15) is 0 Å². The molecule has 2 aromatic heterocycles. The number of carbonyl (C=O) groups is 1. The fourth-order valence-electron chi connectivity index (χ4n) is 4.35. The van der Waals surface area contributed by atoms with E-state index in [-0.39, 0.29) is 11.9 Å². The molecule has 0 spiro atoms. The van der Waals surface area contributed by atoms with E-state index in [2.05, 4.69) is 42.1 Å². The number of rotatable bonds is 3. The molecule has 1 amide bonds. The van der Waals surface area contributed by atoms with E-state index in [0.29, 0.717) is 0 Å². The maximum atomic E-state index is 12.3. The van der Waals surface area contributed by atoms with Gasteiger partial charge in [-0.25, -0.2) is 9.97 Å². The van der Waals surface area contributed by atoms with Gasteiger partial charge in [0.25, 0.3) is 0 Å². The van der Waals surface area contributed by atoms with Crippen molar-refractivity contribution in [3.8, 4) is 0 Å². The van der Waals surface area contributed by atoms with Crippen molar-refractivity contribution >= 4 is 23.2 Å². The number of hydrogen-bond donors (Lipinski definition) is 1. The third kappa shape index (κ3) is 3.12. The second-order valence-electron chi connectivity index (χ2n) is 7.51. The maximum absolute atomic E-state index is 12.3. The lowest BCUT2D eigenvalue weighted by molar-refractivity contribution is -0.117. The number of pyridine rings is 2. The van der Waals surface area contributed by atoms with Crippen LogP contribution < -0.4 is 15.1 Å². The molecule has 2 saturated heterocycles. The minimum absolute atomic E-state index is 0.0319. The molecular formula is C20H24N6O. The number of amides is 1. The van der Waals surface area contributed by atoms with Gasteiger partial charge in [-0.3, -0.25) is 9.69 Å². The summed E-state index contributed by atoms with van der Waals surface area (Å²) in [5, 5.41) is 3.06. The van der Waals surface area contributed by atoms with E-state index in [1.807, 2.05) is 24.5 Å². The number of piperazine rings is 1. The summed E-state index contributed by atoms with van der Waals surface area (Å²) in [5.41, 5.74) is 2.01. The largest absolute Gasteiger partial charge is 0.354 e. The molecule has 0 aliphatic carbocycles. The lowest BCUT2D eigenvalue weighted by atomic mass is 10.1. The number of nitrogens with zero attached hydrogens (tertiary/aromatic N) is 5. The first-order chi connectivity index (χ1) is 13.3. The van der Waals surface area contributed by atoms with Gasteiger partial charge in [-0.05, 0) is 36.6 Å². The van der Waals surface area contributed by atoms with Gasteiger partial charge in [0.2, 0.25) is 5.91 Å². The van der Waals surface area contributed by atoms with Gasteiger partial charge in [0.05, 0.1) is 5.69 Å². The Hall–Kier alpha value is -2.67. The van der Waals surface area contributed by atoms with E-state index < -0.39 is 0 Å². The zero-order valence-electron chi connectivity index (χ0n) is 15.3. The van der Waals surface area contributed by atoms with E-state index >= 15 is 0 Å². The Labute approximate surface area is 159 Å². The molecule has 7 nitrogen and oxygen atoms in total. The molecule has 5 rings (SSSR count). The van der Waals surface area contributed by atoms with Crippen molar-refractivity contribution in [3.63, 3.8) is 0 Å². The zero-order valence-corrected chi connectivity index (χ0v) is 15.3. The fourth-order valence-corrected chi connectivity index (χ4v) is 4.35. The van der Waals surface area contributed by atoms with Crippen molar-refractivity contribution in [3.05, 3.63) is 42.2 Å². The Morgan fingerprint density at radius 3 is 2.81 bits per heavy atom. The average Bonchev–Trinajstić information content (AvgIpc) is 3.20. The highest BCUT2D eigenvalue weighted by Crippen LogP contribution is 2.35. The van der Waals surface area contributed by atoms with Crippen molar-refractivity contribution in [1.29, 1.82) is 0 Å². The monoisotopic (exact) mass is 364 g/mol. The first kappa shape index (κ1) is 16.5. The third-order valence-electron chi connectivity index (χ3n) is 5.76. The standard InChI is InChI=1S/C20H24N6O/c27-20-17-4-3-7-26(17)19-16(23-20)12-15(13-22-19)14-24-8-10-25(11-9-24)18-5-1-2-6-21-18/h1-2,5-6,12-13,17H,3-4,7-11,14H2,(H,23,27)/t17-/m0/s1. The third-order valence-corrected chi connectivity index (χ3v) is 5.76. The average molecular weight is 364 g/mol. The van der Waals surface area contributed by atoms with Crippen LogP contribution in [0.3, 0.4) is 0 Å². The Bertz CT molecular complexity index is 834. The van der Waals surface area contributed by atoms with E-state index in [0.717, 1.165) is 75.0 Å². The van der Waals surface area contributed by atoms with Crippen LogP contribution in [0.25, 0.3) is 0 Å². The highest BCUT2D eigenvalue weighted by atomic mass is 16.2. The normalized spacial score (nSPS) is 22.4. The highest BCUT2D eigenvalue weighted by Gasteiger charge is 2.37. The number of aromatic nitrogens is 2. The second kappa shape index (κ2) is 6.81. The predicted octanol–water partition coefficient (Wildman–Crippen LogP) is 1.72. The van der Waals surface area contributed by atoms with Gasteiger partial charge in [-0.1, -0.05) is 6.07 Å². The SMILES string of the molecule is O=C1Nc2cc(CN3CCN(c4ccccn4)CC3)cnc2N2CCC[C@@H]12. The molecule has 5 heterocycles. The number of fused-ring (bicyclic) bond motifs is 3. The molecule has 0 unspecified atom stereocenters. The first-order valence-corrected chi connectivity index (χ1v) is 9.73. The molecule has 2 fully saturated rings. The number of nitrogens with one attached hydrogen (secondary N) is 1. The van der Waals surface area contributed by atoms with Gasteiger partial charge in [-0.15, -0.1) is 0 Å². The molecule has 0 saturated carbocycles. The first-order valence-electron chi connectivity index (χ1n) is 9.73. The molecule has 1 atom stereocenters. The summed E-state index contributed by atoms with van der Waals surface area (Å²) in [4.78, 5) is 28.4. The molecule has 1 N–H and O–H groups in total. The molecular weight excluding hydrogens is 340 g/mol. The molecule has 140 valence electrons. The Morgan fingerprint density at radius 1 is 1.11 bits per heavy atom. The van der Waals surface area contributed by atoms with Crippen LogP contribution in [0.15, 0.2) is 36.7 Å². The maximum Gasteiger partial charge on any atom is 0.247 e. The summed E-state index contributed by atoms with van der Waals surface area (Å²) in [7, 11) is 0. The van der Waals surface area contributed by atoms with Crippen molar-refractivity contribution in [2.75, 3.05) is 47.8 Å². The smallest absolute Gasteiger partial charge is 0.247 e. The van der Waals surface area contributed by atoms with Crippen molar-refractivity contribution in [2.45, 2.75) is 25.4 Å². The second-order valence-corrected chi connectivity index (χ2v) is 7.51. The lowest BCUT2D eigenvalue weighted by Crippen LogP contribution is -2.46. The Morgan fingerprint density at radius 2 is 2.00 bits per heavy atom. The van der Waals surface area contributed by atoms with Crippen molar-refractivity contribution in [1.82, 2.24) is 14.9 Å². The number of anilines is 3. The summed E-state index contributed by atoms with van der Waals surface area (Å²) in [6.45, 7) is 5.72. The van der Waals surface area contributed by atoms with E-state index in [1.165, 1.54) is 0 Å². The fraction of sp³-hybridized carbons (Fsp3) is 0.450. The van der Waals surface area contributed by atoms with Gasteiger partial charge in [0, 0.05) is 51.7 Å². The van der Waals surface area contributed by atoms with Crippen LogP contribution in [0, 0.1) is 0 Å². The van der Waals surface area contributed by atoms with Gasteiger partial charge >= 0.3 is 0 Å². The van der Waals surface area contributed by atoms with Crippen LogP contribution in [-0.4, -0.2) is 59.5 Å². The molecule has 3 aliphatic heterocycles. The molecule has 0 aromatic carbocycles. The van der Waals surface area contributed by atoms with Crippen molar-refractivity contribution < 1.29 is 4.79 Å².